The number of carbonyl (C=O) groups excluding carboxylic acids is 2. The SMILES string of the molecule is CC(=O)O[C@@H]1CC[C@@H]2[C@@H]3CCc4cc(Oc5ccc([N+](=O)[O-])cc5C(=O)c5ccccc5)c(O)cc4[C@@H]3CC[C@@]21C. The van der Waals surface area contributed by atoms with Crippen LogP contribution in [-0.4, -0.2) is 27.9 Å². The molecule has 0 bridgehead atoms. The first-order valence-electron chi connectivity index (χ1n) is 14.2. The second-order valence-electron chi connectivity index (χ2n) is 11.9. The van der Waals surface area contributed by atoms with E-state index in [1.54, 1.807) is 36.4 Å². The van der Waals surface area contributed by atoms with Crippen LogP contribution >= 0.6 is 0 Å². The van der Waals surface area contributed by atoms with E-state index < -0.39 is 10.7 Å². The first kappa shape index (κ1) is 27.0. The number of nitrogens with zero attached hydrogens (tertiary/aromatic N) is 1. The van der Waals surface area contributed by atoms with Gasteiger partial charge >= 0.3 is 5.97 Å². The fraction of sp³-hybridized carbons (Fsp3) is 0.394. The molecular formula is C33H33NO7. The van der Waals surface area contributed by atoms with Crippen LogP contribution in [0.2, 0.25) is 0 Å². The number of aryl methyl sites for hydroxylation is 1. The van der Waals surface area contributed by atoms with Gasteiger partial charge < -0.3 is 14.6 Å². The number of fused-ring (bicyclic) bond motifs is 5. The lowest BCUT2D eigenvalue weighted by molar-refractivity contribution is -0.384. The summed E-state index contributed by atoms with van der Waals surface area (Å²) in [4.78, 5) is 36.0. The molecule has 3 aromatic carbocycles. The van der Waals surface area contributed by atoms with Crippen molar-refractivity contribution in [2.75, 3.05) is 0 Å². The molecule has 0 saturated heterocycles. The highest BCUT2D eigenvalue weighted by Gasteiger charge is 2.56. The highest BCUT2D eigenvalue weighted by Crippen LogP contribution is 2.62. The van der Waals surface area contributed by atoms with Crippen LogP contribution in [-0.2, 0) is 16.0 Å². The van der Waals surface area contributed by atoms with Gasteiger partial charge in [0.1, 0.15) is 11.9 Å². The largest absolute Gasteiger partial charge is 0.504 e. The van der Waals surface area contributed by atoms with Gasteiger partial charge in [0, 0.05) is 30.0 Å². The Morgan fingerprint density at radius 1 is 1.00 bits per heavy atom. The minimum absolute atomic E-state index is 0.0208. The first-order chi connectivity index (χ1) is 19.7. The van der Waals surface area contributed by atoms with Crippen molar-refractivity contribution < 1.29 is 29.1 Å². The molecule has 3 aromatic rings. The third-order valence-electron chi connectivity index (χ3n) is 9.70. The summed E-state index contributed by atoms with van der Waals surface area (Å²) in [6, 6.07) is 16.1. The van der Waals surface area contributed by atoms with E-state index in [9.17, 15) is 24.8 Å². The van der Waals surface area contributed by atoms with Gasteiger partial charge in [0.05, 0.1) is 10.5 Å². The molecule has 6 rings (SSSR count). The average Bonchev–Trinajstić information content (AvgIpc) is 3.29. The Bertz CT molecular complexity index is 1530. The summed E-state index contributed by atoms with van der Waals surface area (Å²) in [5.41, 5.74) is 2.43. The summed E-state index contributed by atoms with van der Waals surface area (Å²) in [5, 5.41) is 22.6. The molecule has 2 saturated carbocycles. The van der Waals surface area contributed by atoms with Gasteiger partial charge in [-0.15, -0.1) is 0 Å². The van der Waals surface area contributed by atoms with Crippen LogP contribution in [0.1, 0.15) is 78.9 Å². The zero-order valence-corrected chi connectivity index (χ0v) is 23.2. The van der Waals surface area contributed by atoms with E-state index in [1.165, 1.54) is 25.1 Å². The van der Waals surface area contributed by atoms with Crippen molar-refractivity contribution >= 4 is 17.4 Å². The van der Waals surface area contributed by atoms with Crippen molar-refractivity contribution in [1.82, 2.24) is 0 Å². The maximum Gasteiger partial charge on any atom is 0.302 e. The van der Waals surface area contributed by atoms with Crippen molar-refractivity contribution in [2.24, 2.45) is 17.3 Å². The molecule has 8 nitrogen and oxygen atoms in total. The van der Waals surface area contributed by atoms with Crippen LogP contribution in [0.4, 0.5) is 5.69 Å². The number of non-ortho nitro benzene ring substituents is 1. The third kappa shape index (κ3) is 4.75. The predicted molar refractivity (Wildman–Crippen MR) is 151 cm³/mol. The molecule has 212 valence electrons. The van der Waals surface area contributed by atoms with Gasteiger partial charge in [-0.2, -0.15) is 0 Å². The number of carbonyl (C=O) groups is 2. The molecule has 41 heavy (non-hydrogen) atoms. The van der Waals surface area contributed by atoms with Gasteiger partial charge in [0.15, 0.2) is 17.3 Å². The fourth-order valence-corrected chi connectivity index (χ4v) is 7.78. The molecule has 8 heteroatoms. The van der Waals surface area contributed by atoms with E-state index in [2.05, 4.69) is 6.92 Å². The number of ketones is 1. The number of rotatable bonds is 6. The van der Waals surface area contributed by atoms with Crippen molar-refractivity contribution in [3.8, 4) is 17.2 Å². The summed E-state index contributed by atoms with van der Waals surface area (Å²) < 4.78 is 11.9. The van der Waals surface area contributed by atoms with E-state index >= 15 is 0 Å². The maximum atomic E-state index is 13.3. The fourth-order valence-electron chi connectivity index (χ4n) is 7.78. The van der Waals surface area contributed by atoms with Gasteiger partial charge in [-0.25, -0.2) is 0 Å². The molecule has 0 aromatic heterocycles. The smallest absolute Gasteiger partial charge is 0.302 e. The van der Waals surface area contributed by atoms with E-state index in [0.717, 1.165) is 49.7 Å². The summed E-state index contributed by atoms with van der Waals surface area (Å²) in [6.07, 6.45) is 5.65. The molecular weight excluding hydrogens is 522 g/mol. The lowest BCUT2D eigenvalue weighted by Crippen LogP contribution is -2.45. The van der Waals surface area contributed by atoms with Crippen LogP contribution in [0, 0.1) is 27.4 Å². The zero-order valence-electron chi connectivity index (χ0n) is 23.2. The molecule has 0 unspecified atom stereocenters. The second kappa shape index (κ2) is 10.3. The molecule has 3 aliphatic rings. The quantitative estimate of drug-likeness (QED) is 0.149. The van der Waals surface area contributed by atoms with Gasteiger partial charge in [0.2, 0.25) is 0 Å². The topological polar surface area (TPSA) is 116 Å². The first-order valence-corrected chi connectivity index (χ1v) is 14.2. The standard InChI is InChI=1S/C33H33NO7/c1-19(35)40-31-13-11-27-24-10-8-21-16-30(28(36)18-25(21)23(24)14-15-33(27,31)2)41-29-12-9-22(34(38)39)17-26(29)32(37)20-6-4-3-5-7-20/h3-7,9,12,16-18,23-24,27,31,36H,8,10-11,13-15H2,1-2H3/t23-,24-,27-,31-,33+/m1/s1. The highest BCUT2D eigenvalue weighted by atomic mass is 16.6. The van der Waals surface area contributed by atoms with Crippen LogP contribution in [0.3, 0.4) is 0 Å². The van der Waals surface area contributed by atoms with Crippen LogP contribution in [0.5, 0.6) is 17.2 Å². The average molecular weight is 556 g/mol. The van der Waals surface area contributed by atoms with Crippen LogP contribution < -0.4 is 4.74 Å². The number of ether oxygens (including phenoxy) is 2. The Morgan fingerprint density at radius 3 is 2.51 bits per heavy atom. The summed E-state index contributed by atoms with van der Waals surface area (Å²) >= 11 is 0. The maximum absolute atomic E-state index is 13.3. The van der Waals surface area contributed by atoms with Gasteiger partial charge in [-0.05, 0) is 85.6 Å². The predicted octanol–water partition coefficient (Wildman–Crippen LogP) is 7.11. The van der Waals surface area contributed by atoms with Crippen molar-refractivity contribution in [1.29, 1.82) is 0 Å². The Morgan fingerprint density at radius 2 is 1.78 bits per heavy atom. The number of phenolic OH excluding ortho intramolecular Hbond substituents is 1. The Labute approximate surface area is 238 Å². The molecule has 0 spiro atoms. The normalized spacial score (nSPS) is 26.3. The van der Waals surface area contributed by atoms with E-state index in [-0.39, 0.29) is 46.0 Å². The second-order valence-corrected chi connectivity index (χ2v) is 11.9. The molecule has 3 aliphatic carbocycles. The molecule has 2 fully saturated rings. The van der Waals surface area contributed by atoms with Gasteiger partial charge in [-0.3, -0.25) is 19.7 Å². The van der Waals surface area contributed by atoms with Gasteiger partial charge in [0.25, 0.3) is 5.69 Å². The molecule has 0 radical (unpaired) electrons. The molecule has 0 heterocycles. The number of hydrogen-bond donors (Lipinski definition) is 1. The molecule has 0 amide bonds. The van der Waals surface area contributed by atoms with E-state index in [0.29, 0.717) is 23.3 Å². The summed E-state index contributed by atoms with van der Waals surface area (Å²) in [6.45, 7) is 3.76. The van der Waals surface area contributed by atoms with Crippen molar-refractivity contribution in [3.63, 3.8) is 0 Å². The van der Waals surface area contributed by atoms with Crippen molar-refractivity contribution in [2.45, 2.75) is 64.4 Å². The number of hydrogen-bond acceptors (Lipinski definition) is 7. The number of aromatic hydroxyl groups is 1. The molecule has 0 aliphatic heterocycles. The molecule has 5 atom stereocenters. The van der Waals surface area contributed by atoms with Crippen LogP contribution in [0.25, 0.3) is 0 Å². The Kier molecular flexibility index (Phi) is 6.80. The number of nitro benzene ring substituents is 1. The Balaban J connectivity index is 1.29. The number of nitro groups is 1. The monoisotopic (exact) mass is 555 g/mol. The molecule has 1 N–H and O–H groups in total. The number of benzene rings is 3. The zero-order chi connectivity index (χ0) is 28.9. The summed E-state index contributed by atoms with van der Waals surface area (Å²) in [5.74, 6) is 0.937. The number of phenols is 1. The summed E-state index contributed by atoms with van der Waals surface area (Å²) in [7, 11) is 0. The highest BCUT2D eigenvalue weighted by molar-refractivity contribution is 6.11. The Hall–Kier alpha value is -4.20. The van der Waals surface area contributed by atoms with Gasteiger partial charge in [-0.1, -0.05) is 37.3 Å². The lowest BCUT2D eigenvalue weighted by Gasteiger charge is -2.50. The van der Waals surface area contributed by atoms with E-state index in [1.807, 2.05) is 6.07 Å². The van der Waals surface area contributed by atoms with Crippen molar-refractivity contribution in [3.05, 3.63) is 93.0 Å². The third-order valence-corrected chi connectivity index (χ3v) is 9.70. The minimum Gasteiger partial charge on any atom is -0.504 e. The van der Waals surface area contributed by atoms with Crippen LogP contribution in [0.15, 0.2) is 60.7 Å². The lowest BCUT2D eigenvalue weighted by atomic mass is 9.55. The van der Waals surface area contributed by atoms with E-state index in [4.69, 9.17) is 9.47 Å². The minimum atomic E-state index is -0.549. The number of esters is 1.